The number of ether oxygens (including phenoxy) is 1. The summed E-state index contributed by atoms with van der Waals surface area (Å²) in [4.78, 5) is 2.68. The molecule has 0 bridgehead atoms. The molecule has 5 rings (SSSR count). The maximum atomic E-state index is 14.0. The van der Waals surface area contributed by atoms with Crippen LogP contribution in [0.3, 0.4) is 0 Å². The Morgan fingerprint density at radius 1 is 0.941 bits per heavy atom. The fourth-order valence-corrected chi connectivity index (χ4v) is 6.55. The molecule has 34 heavy (non-hydrogen) atoms. The number of likely N-dealkylation sites (tertiary alicyclic amines) is 1. The molecular weight excluding hydrogens is 441 g/mol. The van der Waals surface area contributed by atoms with Crippen molar-refractivity contribution < 1.29 is 17.9 Å². The smallest absolute Gasteiger partial charge is 0.168 e. The molecule has 2 saturated heterocycles. The zero-order chi connectivity index (χ0) is 24.3. The first-order chi connectivity index (χ1) is 16.0. The molecule has 8 heteroatoms. The van der Waals surface area contributed by atoms with Gasteiger partial charge in [0.15, 0.2) is 11.6 Å². The lowest BCUT2D eigenvalue weighted by atomic mass is 9.84. The molecule has 1 saturated carbocycles. The van der Waals surface area contributed by atoms with E-state index in [-0.39, 0.29) is 22.5 Å². The van der Waals surface area contributed by atoms with Gasteiger partial charge in [0, 0.05) is 36.8 Å². The number of nitrogens with zero attached hydrogens (tertiary/aromatic N) is 3. The number of hydrogen-bond acceptors (Lipinski definition) is 5. The van der Waals surface area contributed by atoms with Gasteiger partial charge in [-0.25, -0.2) is 13.2 Å². The van der Waals surface area contributed by atoms with Crippen LogP contribution in [0.4, 0.5) is 19.0 Å². The molecule has 3 atom stereocenters. The van der Waals surface area contributed by atoms with Crippen molar-refractivity contribution in [3.8, 4) is 11.3 Å². The minimum absolute atomic E-state index is 0.0980. The van der Waals surface area contributed by atoms with E-state index in [0.29, 0.717) is 35.8 Å². The highest BCUT2D eigenvalue weighted by Crippen LogP contribution is 2.44. The van der Waals surface area contributed by atoms with Crippen LogP contribution in [0.25, 0.3) is 11.3 Å². The Labute approximate surface area is 199 Å². The molecule has 1 aromatic carbocycles. The van der Waals surface area contributed by atoms with Crippen molar-refractivity contribution in [2.24, 2.45) is 11.8 Å². The first-order valence-corrected chi connectivity index (χ1v) is 12.2. The molecule has 1 aromatic heterocycles. The van der Waals surface area contributed by atoms with Gasteiger partial charge in [0.2, 0.25) is 0 Å². The molecule has 3 fully saturated rings. The van der Waals surface area contributed by atoms with Crippen molar-refractivity contribution in [2.75, 3.05) is 18.4 Å². The Morgan fingerprint density at radius 3 is 2.18 bits per heavy atom. The van der Waals surface area contributed by atoms with Crippen molar-refractivity contribution in [3.05, 3.63) is 41.7 Å². The fraction of sp³-hybridized carbons (Fsp3) is 0.615. The standard InChI is InChI=1S/C26H33F3N4O/c1-25(2)11-19(12-26(3,4)34-25)33-13-15-7-18(8-16(15)14-33)30-23-6-5-22(31-32-23)20-9-17(27)10-21(28)24(20)29/h5-6,9-10,15-16,18-19H,7-8,11-14H2,1-4H3,(H,30,32)/t15-,16+,18?. The maximum absolute atomic E-state index is 14.0. The number of aromatic nitrogens is 2. The summed E-state index contributed by atoms with van der Waals surface area (Å²) < 4.78 is 47.3. The Morgan fingerprint density at radius 2 is 1.59 bits per heavy atom. The van der Waals surface area contributed by atoms with E-state index in [4.69, 9.17) is 4.74 Å². The van der Waals surface area contributed by atoms with Crippen LogP contribution >= 0.6 is 0 Å². The van der Waals surface area contributed by atoms with Crippen LogP contribution in [0.5, 0.6) is 0 Å². The minimum atomic E-state index is -1.24. The zero-order valence-corrected chi connectivity index (χ0v) is 20.2. The summed E-state index contributed by atoms with van der Waals surface area (Å²) in [6.07, 6.45) is 4.28. The Kier molecular flexibility index (Phi) is 5.88. The van der Waals surface area contributed by atoms with Crippen LogP contribution in [0.1, 0.15) is 53.4 Å². The second kappa shape index (κ2) is 8.48. The number of fused-ring (bicyclic) bond motifs is 1. The van der Waals surface area contributed by atoms with Gasteiger partial charge in [-0.3, -0.25) is 4.90 Å². The van der Waals surface area contributed by atoms with Crippen LogP contribution in [-0.4, -0.2) is 51.5 Å². The average Bonchev–Trinajstić information content (AvgIpc) is 3.28. The molecular formula is C26H33F3N4O. The molecule has 3 heterocycles. The molecule has 2 aromatic rings. The average molecular weight is 475 g/mol. The van der Waals surface area contributed by atoms with Gasteiger partial charge in [0.1, 0.15) is 11.6 Å². The highest BCUT2D eigenvalue weighted by molar-refractivity contribution is 5.60. The summed E-state index contributed by atoms with van der Waals surface area (Å²) in [5.41, 5.74) is -0.326. The number of anilines is 1. The molecule has 0 amide bonds. The van der Waals surface area contributed by atoms with Crippen molar-refractivity contribution in [1.29, 1.82) is 0 Å². The van der Waals surface area contributed by atoms with E-state index in [1.165, 1.54) is 0 Å². The van der Waals surface area contributed by atoms with E-state index in [2.05, 4.69) is 48.1 Å². The predicted octanol–water partition coefficient (Wildman–Crippen LogP) is 5.42. The van der Waals surface area contributed by atoms with Gasteiger partial charge in [-0.2, -0.15) is 0 Å². The molecule has 0 spiro atoms. The van der Waals surface area contributed by atoms with Gasteiger partial charge in [0.25, 0.3) is 0 Å². The van der Waals surface area contributed by atoms with Gasteiger partial charge in [-0.05, 0) is 83.4 Å². The van der Waals surface area contributed by atoms with Crippen LogP contribution in [0, 0.1) is 29.3 Å². The Hall–Kier alpha value is -2.19. The summed E-state index contributed by atoms with van der Waals surface area (Å²) in [6.45, 7) is 11.0. The lowest BCUT2D eigenvalue weighted by Gasteiger charge is -2.48. The number of rotatable bonds is 4. The van der Waals surface area contributed by atoms with Crippen LogP contribution in [0.15, 0.2) is 24.3 Å². The minimum Gasteiger partial charge on any atom is -0.370 e. The van der Waals surface area contributed by atoms with Crippen molar-refractivity contribution in [1.82, 2.24) is 15.1 Å². The van der Waals surface area contributed by atoms with Gasteiger partial charge in [0.05, 0.1) is 16.9 Å². The van der Waals surface area contributed by atoms with Gasteiger partial charge < -0.3 is 10.1 Å². The number of benzene rings is 1. The summed E-state index contributed by atoms with van der Waals surface area (Å²) in [5, 5.41) is 11.6. The molecule has 2 aliphatic heterocycles. The van der Waals surface area contributed by atoms with Gasteiger partial charge >= 0.3 is 0 Å². The SMILES string of the molecule is CC1(C)CC(N2C[C@H]3CC(Nc4ccc(-c5cc(F)cc(F)c5F)nn4)C[C@H]3C2)CC(C)(C)O1. The molecule has 184 valence electrons. The fourth-order valence-electron chi connectivity index (χ4n) is 6.55. The van der Waals surface area contributed by atoms with Crippen molar-refractivity contribution >= 4 is 5.82 Å². The number of hydrogen-bond donors (Lipinski definition) is 1. The van der Waals surface area contributed by atoms with E-state index in [1.807, 2.05) is 0 Å². The van der Waals surface area contributed by atoms with Crippen LogP contribution in [0.2, 0.25) is 0 Å². The monoisotopic (exact) mass is 474 g/mol. The number of halogens is 3. The van der Waals surface area contributed by atoms with E-state index >= 15 is 0 Å². The highest BCUT2D eigenvalue weighted by Gasteiger charge is 2.47. The summed E-state index contributed by atoms with van der Waals surface area (Å²) >= 11 is 0. The quantitative estimate of drug-likeness (QED) is 0.600. The van der Waals surface area contributed by atoms with Crippen molar-refractivity contribution in [3.63, 3.8) is 0 Å². The lowest BCUT2D eigenvalue weighted by Crippen LogP contribution is -2.52. The van der Waals surface area contributed by atoms with Gasteiger partial charge in [-0.15, -0.1) is 10.2 Å². The Bertz CT molecular complexity index is 1030. The second-order valence-corrected chi connectivity index (χ2v) is 11.5. The van der Waals surface area contributed by atoms with Crippen LogP contribution in [-0.2, 0) is 4.74 Å². The Balaban J connectivity index is 1.19. The first-order valence-electron chi connectivity index (χ1n) is 12.2. The zero-order valence-electron chi connectivity index (χ0n) is 20.2. The molecule has 1 unspecified atom stereocenters. The second-order valence-electron chi connectivity index (χ2n) is 11.5. The predicted molar refractivity (Wildman–Crippen MR) is 125 cm³/mol. The normalized spacial score (nSPS) is 28.7. The van der Waals surface area contributed by atoms with Crippen molar-refractivity contribution in [2.45, 2.75) is 76.7 Å². The van der Waals surface area contributed by atoms with E-state index in [9.17, 15) is 13.2 Å². The van der Waals surface area contributed by atoms with E-state index in [1.54, 1.807) is 12.1 Å². The summed E-state index contributed by atoms with van der Waals surface area (Å²) in [6, 6.07) is 5.55. The topological polar surface area (TPSA) is 50.3 Å². The number of nitrogens with one attached hydrogen (secondary N) is 1. The first kappa shape index (κ1) is 23.5. The third-order valence-electron chi connectivity index (χ3n) is 7.59. The van der Waals surface area contributed by atoms with E-state index < -0.39 is 17.5 Å². The lowest BCUT2D eigenvalue weighted by molar-refractivity contribution is -0.176. The maximum Gasteiger partial charge on any atom is 0.168 e. The molecule has 3 aliphatic rings. The molecule has 5 nitrogen and oxygen atoms in total. The highest BCUT2D eigenvalue weighted by atomic mass is 19.2. The van der Waals surface area contributed by atoms with E-state index in [0.717, 1.165) is 44.8 Å². The third kappa shape index (κ3) is 4.80. The summed E-state index contributed by atoms with van der Waals surface area (Å²) in [5.74, 6) is -1.31. The summed E-state index contributed by atoms with van der Waals surface area (Å²) in [7, 11) is 0. The largest absolute Gasteiger partial charge is 0.370 e. The molecule has 1 N–H and O–H groups in total. The molecule has 0 radical (unpaired) electrons. The van der Waals surface area contributed by atoms with Gasteiger partial charge in [-0.1, -0.05) is 0 Å². The third-order valence-corrected chi connectivity index (χ3v) is 7.59. The van der Waals surface area contributed by atoms with Crippen LogP contribution < -0.4 is 5.32 Å². The molecule has 1 aliphatic carbocycles.